The van der Waals surface area contributed by atoms with Crippen molar-refractivity contribution in [2.24, 2.45) is 0 Å². The van der Waals surface area contributed by atoms with Gasteiger partial charge >= 0.3 is 0 Å². The van der Waals surface area contributed by atoms with Crippen molar-refractivity contribution in [2.75, 3.05) is 0 Å². The molecule has 0 spiro atoms. The van der Waals surface area contributed by atoms with Crippen LogP contribution < -0.4 is 0 Å². The van der Waals surface area contributed by atoms with Gasteiger partial charge in [0.2, 0.25) is 0 Å². The molecule has 0 N–H and O–H groups in total. The van der Waals surface area contributed by atoms with Gasteiger partial charge in [-0.15, -0.1) is 11.3 Å². The number of benzene rings is 10. The van der Waals surface area contributed by atoms with Crippen LogP contribution in [0, 0.1) is 0 Å². The second-order valence-electron chi connectivity index (χ2n) is 16.7. The molecule has 0 fully saturated rings. The highest BCUT2D eigenvalue weighted by molar-refractivity contribution is 7.26. The molecule has 12 aromatic rings. The summed E-state index contributed by atoms with van der Waals surface area (Å²) in [6.07, 6.45) is 0. The van der Waals surface area contributed by atoms with E-state index in [0.717, 1.165) is 11.2 Å². The minimum absolute atomic E-state index is 0.0899. The third-order valence-electron chi connectivity index (χ3n) is 13.2. The zero-order chi connectivity index (χ0) is 39.0. The highest BCUT2D eigenvalue weighted by Gasteiger charge is 2.37. The Morgan fingerprint density at radius 2 is 1.03 bits per heavy atom. The van der Waals surface area contributed by atoms with Crippen molar-refractivity contribution in [3.63, 3.8) is 0 Å². The van der Waals surface area contributed by atoms with E-state index in [1.165, 1.54) is 119 Å². The number of fused-ring (bicyclic) bond motifs is 13. The van der Waals surface area contributed by atoms with Gasteiger partial charge in [-0.2, -0.15) is 0 Å². The highest BCUT2D eigenvalue weighted by Crippen LogP contribution is 2.55. The first-order chi connectivity index (χ1) is 29.0. The Morgan fingerprint density at radius 1 is 0.407 bits per heavy atom. The average molecular weight is 769 g/mol. The number of rotatable bonds is 3. The number of hydrogen-bond acceptors (Lipinski definition) is 2. The maximum absolute atomic E-state index is 7.08. The standard InChI is InChI=1S/C57H36OS/c1-57(2)46-26-13-12-23-42(46)53-47(57)28-29-48-54(53)45-31-34-17-6-7-18-36(34)52(55(45)58-48)43-25-14-24-41-44-32-35(27-30-49(44)59-56(41)43)51-39-21-10-8-19-37(39)50(33-15-4-3-5-16-33)38-20-9-11-22-40(38)51/h3-32H,1-2H3. The van der Waals surface area contributed by atoms with Gasteiger partial charge < -0.3 is 4.42 Å². The van der Waals surface area contributed by atoms with Crippen molar-refractivity contribution >= 4 is 85.8 Å². The van der Waals surface area contributed by atoms with Crippen LogP contribution in [0.25, 0.3) is 119 Å². The van der Waals surface area contributed by atoms with Crippen LogP contribution in [0.5, 0.6) is 0 Å². The molecule has 0 amide bonds. The Labute approximate surface area is 345 Å². The Morgan fingerprint density at radius 3 is 1.80 bits per heavy atom. The summed E-state index contributed by atoms with van der Waals surface area (Å²) in [6, 6.07) is 67.3. The molecule has 276 valence electrons. The number of furan rings is 1. The molecular weight excluding hydrogens is 733 g/mol. The molecule has 0 saturated heterocycles. The van der Waals surface area contributed by atoms with E-state index < -0.39 is 0 Å². The Bertz CT molecular complexity index is 3690. The number of hydrogen-bond donors (Lipinski definition) is 0. The maximum atomic E-state index is 7.08. The van der Waals surface area contributed by atoms with E-state index in [4.69, 9.17) is 4.42 Å². The van der Waals surface area contributed by atoms with Gasteiger partial charge in [0.1, 0.15) is 11.2 Å². The predicted octanol–water partition coefficient (Wildman–Crippen LogP) is 16.7. The molecule has 1 nitrogen and oxygen atoms in total. The SMILES string of the molecule is CC1(C)c2ccccc2-c2c1ccc1oc3c(-c4cccc5c4sc4ccc(-c6c7ccccc7c(-c7ccccc7)c7ccccc67)cc45)c4ccccc4cc3c21. The molecule has 0 atom stereocenters. The van der Waals surface area contributed by atoms with Crippen molar-refractivity contribution in [1.82, 2.24) is 0 Å². The van der Waals surface area contributed by atoms with Crippen LogP contribution in [-0.4, -0.2) is 0 Å². The van der Waals surface area contributed by atoms with Gasteiger partial charge in [0.25, 0.3) is 0 Å². The molecule has 2 heterocycles. The summed E-state index contributed by atoms with van der Waals surface area (Å²) < 4.78 is 9.64. The Hall–Kier alpha value is -7.00. The van der Waals surface area contributed by atoms with E-state index in [0.29, 0.717) is 0 Å². The summed E-state index contributed by atoms with van der Waals surface area (Å²) in [6.45, 7) is 4.70. The van der Waals surface area contributed by atoms with Gasteiger partial charge in [-0.25, -0.2) is 0 Å². The van der Waals surface area contributed by atoms with Crippen LogP contribution in [-0.2, 0) is 5.41 Å². The molecule has 13 rings (SSSR count). The van der Waals surface area contributed by atoms with Crippen molar-refractivity contribution in [3.8, 4) is 44.5 Å². The number of thiophene rings is 1. The lowest BCUT2D eigenvalue weighted by Gasteiger charge is -2.21. The van der Waals surface area contributed by atoms with E-state index in [1.54, 1.807) is 0 Å². The summed E-state index contributed by atoms with van der Waals surface area (Å²) in [4.78, 5) is 0. The minimum atomic E-state index is -0.0899. The molecule has 0 bridgehead atoms. The molecule has 2 aromatic heterocycles. The summed E-state index contributed by atoms with van der Waals surface area (Å²) in [7, 11) is 0. The van der Waals surface area contributed by atoms with E-state index >= 15 is 0 Å². The molecule has 0 unspecified atom stereocenters. The van der Waals surface area contributed by atoms with E-state index in [9.17, 15) is 0 Å². The van der Waals surface area contributed by atoms with Gasteiger partial charge in [-0.05, 0) is 101 Å². The Kier molecular flexibility index (Phi) is 6.73. The molecule has 0 saturated carbocycles. The van der Waals surface area contributed by atoms with Crippen LogP contribution in [0.3, 0.4) is 0 Å². The average Bonchev–Trinajstić information content (AvgIpc) is 3.92. The van der Waals surface area contributed by atoms with Crippen molar-refractivity contribution in [3.05, 3.63) is 193 Å². The second kappa shape index (κ2) is 12.0. The highest BCUT2D eigenvalue weighted by atomic mass is 32.1. The van der Waals surface area contributed by atoms with Gasteiger partial charge in [0.05, 0.1) is 0 Å². The molecule has 0 aliphatic heterocycles. The van der Waals surface area contributed by atoms with E-state index in [2.05, 4.69) is 196 Å². The normalized spacial score (nSPS) is 13.4. The van der Waals surface area contributed by atoms with Crippen LogP contribution in [0.2, 0.25) is 0 Å². The molecule has 0 radical (unpaired) electrons. The summed E-state index contributed by atoms with van der Waals surface area (Å²) in [5.41, 5.74) is 14.6. The van der Waals surface area contributed by atoms with E-state index in [1.807, 2.05) is 11.3 Å². The quantitative estimate of drug-likeness (QED) is 0.163. The van der Waals surface area contributed by atoms with Gasteiger partial charge in [-0.3, -0.25) is 0 Å². The van der Waals surface area contributed by atoms with Crippen molar-refractivity contribution in [1.29, 1.82) is 0 Å². The zero-order valence-electron chi connectivity index (χ0n) is 32.6. The van der Waals surface area contributed by atoms with Crippen molar-refractivity contribution in [2.45, 2.75) is 19.3 Å². The third kappa shape index (κ3) is 4.50. The zero-order valence-corrected chi connectivity index (χ0v) is 33.5. The molecule has 1 aliphatic rings. The molecule has 59 heavy (non-hydrogen) atoms. The predicted molar refractivity (Wildman–Crippen MR) is 253 cm³/mol. The molecule has 2 heteroatoms. The van der Waals surface area contributed by atoms with Crippen LogP contribution >= 0.6 is 11.3 Å². The lowest BCUT2D eigenvalue weighted by atomic mass is 9.82. The molecule has 10 aromatic carbocycles. The van der Waals surface area contributed by atoms with Crippen LogP contribution in [0.1, 0.15) is 25.0 Å². The molecule has 1 aliphatic carbocycles. The topological polar surface area (TPSA) is 13.1 Å². The summed E-state index contributed by atoms with van der Waals surface area (Å²) in [5, 5.41) is 12.5. The third-order valence-corrected chi connectivity index (χ3v) is 14.5. The first-order valence-electron chi connectivity index (χ1n) is 20.5. The van der Waals surface area contributed by atoms with Crippen LogP contribution in [0.4, 0.5) is 0 Å². The first-order valence-corrected chi connectivity index (χ1v) is 21.3. The van der Waals surface area contributed by atoms with Gasteiger partial charge in [0.15, 0.2) is 0 Å². The summed E-state index contributed by atoms with van der Waals surface area (Å²) >= 11 is 1.89. The fourth-order valence-electron chi connectivity index (χ4n) is 10.6. The fraction of sp³-hybridized carbons (Fsp3) is 0.0526. The lowest BCUT2D eigenvalue weighted by molar-refractivity contribution is 0.657. The monoisotopic (exact) mass is 768 g/mol. The largest absolute Gasteiger partial charge is 0.455 e. The molecular formula is C57H36OS. The maximum Gasteiger partial charge on any atom is 0.143 e. The van der Waals surface area contributed by atoms with Crippen LogP contribution in [0.15, 0.2) is 186 Å². The smallest absolute Gasteiger partial charge is 0.143 e. The second-order valence-corrected chi connectivity index (χ2v) is 17.7. The summed E-state index contributed by atoms with van der Waals surface area (Å²) in [5.74, 6) is 0. The van der Waals surface area contributed by atoms with Gasteiger partial charge in [0, 0.05) is 47.5 Å². The van der Waals surface area contributed by atoms with E-state index in [-0.39, 0.29) is 5.41 Å². The first kappa shape index (κ1) is 33.0. The lowest BCUT2D eigenvalue weighted by Crippen LogP contribution is -2.14. The Balaban J connectivity index is 1.07. The minimum Gasteiger partial charge on any atom is -0.455 e. The van der Waals surface area contributed by atoms with Crippen molar-refractivity contribution < 1.29 is 4.42 Å². The van der Waals surface area contributed by atoms with Gasteiger partial charge in [-0.1, -0.05) is 172 Å². The fourth-order valence-corrected chi connectivity index (χ4v) is 11.8.